The van der Waals surface area contributed by atoms with Crippen molar-refractivity contribution >= 4 is 11.9 Å². The minimum Gasteiger partial charge on any atom is -0.457 e. The second-order valence-corrected chi connectivity index (χ2v) is 6.04. The molecule has 2 aliphatic rings. The second kappa shape index (κ2) is 7.49. The Morgan fingerprint density at radius 2 is 1.92 bits per heavy atom. The average Bonchev–Trinajstić information content (AvgIpc) is 2.58. The van der Waals surface area contributed by atoms with E-state index < -0.39 is 42.9 Å². The van der Waals surface area contributed by atoms with Gasteiger partial charge in [-0.15, -0.1) is 0 Å². The van der Waals surface area contributed by atoms with Crippen molar-refractivity contribution in [3.63, 3.8) is 0 Å². The predicted octanol–water partition coefficient (Wildman–Crippen LogP) is 0.254. The minimum atomic E-state index is -1.34. The Kier molecular flexibility index (Phi) is 5.33. The lowest BCUT2D eigenvalue weighted by molar-refractivity contribution is -0.338. The van der Waals surface area contributed by atoms with Crippen LogP contribution in [0.3, 0.4) is 0 Å². The number of aliphatic hydroxyl groups excluding tert-OH is 1. The van der Waals surface area contributed by atoms with E-state index in [9.17, 15) is 14.7 Å². The molecule has 0 aromatic heterocycles. The Labute approximate surface area is 145 Å². The quantitative estimate of drug-likeness (QED) is 0.753. The Hall–Kier alpha value is -2.00. The van der Waals surface area contributed by atoms with Crippen LogP contribution in [-0.4, -0.2) is 54.2 Å². The first-order valence-electron chi connectivity index (χ1n) is 8.05. The van der Waals surface area contributed by atoms with Gasteiger partial charge in [-0.2, -0.15) is 0 Å². The molecule has 6 atom stereocenters. The third-order valence-electron chi connectivity index (χ3n) is 4.10. The number of nitrogens with one attached hydrogen (secondary N) is 1. The molecule has 2 fully saturated rings. The zero-order valence-corrected chi connectivity index (χ0v) is 14.0. The molecule has 0 aliphatic carbocycles. The molecule has 25 heavy (non-hydrogen) atoms. The highest BCUT2D eigenvalue weighted by Gasteiger charge is 2.51. The lowest BCUT2D eigenvalue weighted by Gasteiger charge is -2.47. The monoisotopic (exact) mass is 351 g/mol. The van der Waals surface area contributed by atoms with Crippen LogP contribution >= 0.6 is 0 Å². The molecule has 8 nitrogen and oxygen atoms in total. The van der Waals surface area contributed by atoms with Crippen molar-refractivity contribution in [1.82, 2.24) is 5.32 Å². The minimum absolute atomic E-state index is 0.159. The van der Waals surface area contributed by atoms with E-state index in [1.54, 1.807) is 0 Å². The number of carbonyl (C=O) groups excluding carboxylic acids is 2. The zero-order chi connectivity index (χ0) is 18.0. The maximum Gasteiger partial charge on any atom is 0.303 e. The molecule has 0 radical (unpaired) electrons. The molecule has 1 aromatic rings. The zero-order valence-electron chi connectivity index (χ0n) is 14.0. The first kappa shape index (κ1) is 17.8. The van der Waals surface area contributed by atoms with Crippen LogP contribution < -0.4 is 5.32 Å². The number of benzene rings is 1. The van der Waals surface area contributed by atoms with E-state index in [4.69, 9.17) is 18.9 Å². The Morgan fingerprint density at radius 1 is 1.20 bits per heavy atom. The number of ether oxygens (including phenoxy) is 4. The van der Waals surface area contributed by atoms with Gasteiger partial charge in [-0.25, -0.2) is 0 Å². The number of amides is 1. The lowest BCUT2D eigenvalue weighted by atomic mass is 9.95. The Morgan fingerprint density at radius 3 is 2.56 bits per heavy atom. The van der Waals surface area contributed by atoms with Crippen molar-refractivity contribution in [3.05, 3.63) is 35.9 Å². The number of aliphatic hydroxyl groups is 1. The van der Waals surface area contributed by atoms with E-state index in [2.05, 4.69) is 5.32 Å². The molecular formula is C17H21NO7. The van der Waals surface area contributed by atoms with Crippen molar-refractivity contribution in [3.8, 4) is 0 Å². The van der Waals surface area contributed by atoms with E-state index in [0.29, 0.717) is 0 Å². The van der Waals surface area contributed by atoms with Crippen LogP contribution in [0.2, 0.25) is 0 Å². The van der Waals surface area contributed by atoms with Crippen LogP contribution in [-0.2, 0) is 28.5 Å². The van der Waals surface area contributed by atoms with Crippen molar-refractivity contribution < 1.29 is 33.6 Å². The Bertz CT molecular complexity index is 623. The smallest absolute Gasteiger partial charge is 0.303 e. The highest BCUT2D eigenvalue weighted by atomic mass is 16.7. The van der Waals surface area contributed by atoms with Crippen LogP contribution in [0.1, 0.15) is 25.7 Å². The van der Waals surface area contributed by atoms with Crippen LogP contribution in [0.15, 0.2) is 30.3 Å². The summed E-state index contributed by atoms with van der Waals surface area (Å²) in [5.74, 6) is -0.922. The second-order valence-electron chi connectivity index (χ2n) is 6.04. The predicted molar refractivity (Wildman–Crippen MR) is 84.0 cm³/mol. The van der Waals surface area contributed by atoms with Crippen molar-refractivity contribution in [2.24, 2.45) is 0 Å². The summed E-state index contributed by atoms with van der Waals surface area (Å²) >= 11 is 0. The van der Waals surface area contributed by atoms with E-state index in [0.717, 1.165) is 5.56 Å². The van der Waals surface area contributed by atoms with Crippen molar-refractivity contribution in [2.75, 3.05) is 6.61 Å². The van der Waals surface area contributed by atoms with Crippen LogP contribution in [0.25, 0.3) is 0 Å². The van der Waals surface area contributed by atoms with Gasteiger partial charge in [0.2, 0.25) is 5.91 Å². The summed E-state index contributed by atoms with van der Waals surface area (Å²) in [7, 11) is 0. The van der Waals surface area contributed by atoms with E-state index in [1.807, 2.05) is 30.3 Å². The van der Waals surface area contributed by atoms with Crippen molar-refractivity contribution in [2.45, 2.75) is 50.8 Å². The van der Waals surface area contributed by atoms with Gasteiger partial charge in [0, 0.05) is 19.4 Å². The third kappa shape index (κ3) is 3.98. The Balaban J connectivity index is 1.84. The normalized spacial score (nSPS) is 34.7. The van der Waals surface area contributed by atoms with Crippen LogP contribution in [0, 0.1) is 0 Å². The van der Waals surface area contributed by atoms with Gasteiger partial charge in [0.15, 0.2) is 18.7 Å². The molecule has 2 saturated heterocycles. The van der Waals surface area contributed by atoms with Gasteiger partial charge in [0.1, 0.15) is 18.2 Å². The number of hydrogen-bond donors (Lipinski definition) is 2. The SMILES string of the molecule is CC(=O)N[C@@H]1[C@@H](OC(C)=O)[C@H]2O[C@H](c3ccccc3)OC[C@H]2O[C@@H]1O. The molecule has 136 valence electrons. The molecule has 3 rings (SSSR count). The summed E-state index contributed by atoms with van der Waals surface area (Å²) in [4.78, 5) is 23.0. The van der Waals surface area contributed by atoms with E-state index in [1.165, 1.54) is 13.8 Å². The molecule has 0 bridgehead atoms. The standard InChI is InChI=1S/C17H21NO7/c1-9(19)18-13-15(23-10(2)20)14-12(24-16(13)21)8-22-17(25-14)11-6-4-3-5-7-11/h3-7,12-17,21H,8H2,1-2H3,(H,18,19)/t12-,13-,14+,15-,16+,17-/m1/s1. The number of hydrogen-bond acceptors (Lipinski definition) is 7. The van der Waals surface area contributed by atoms with Crippen LogP contribution in [0.5, 0.6) is 0 Å². The summed E-state index contributed by atoms with van der Waals surface area (Å²) in [6.45, 7) is 2.72. The number of fused-ring (bicyclic) bond motifs is 1. The first-order chi connectivity index (χ1) is 12.0. The highest BCUT2D eigenvalue weighted by Crippen LogP contribution is 2.34. The van der Waals surface area contributed by atoms with Gasteiger partial charge in [0.25, 0.3) is 0 Å². The highest BCUT2D eigenvalue weighted by molar-refractivity contribution is 5.73. The molecule has 2 aliphatic heterocycles. The van der Waals surface area contributed by atoms with Crippen molar-refractivity contribution in [1.29, 1.82) is 0 Å². The average molecular weight is 351 g/mol. The summed E-state index contributed by atoms with van der Waals surface area (Å²) in [5.41, 5.74) is 0.810. The molecule has 1 amide bonds. The molecule has 8 heteroatoms. The fourth-order valence-corrected chi connectivity index (χ4v) is 3.09. The molecule has 2 heterocycles. The maximum atomic E-state index is 11.5. The largest absolute Gasteiger partial charge is 0.457 e. The van der Waals surface area contributed by atoms with Gasteiger partial charge >= 0.3 is 5.97 Å². The van der Waals surface area contributed by atoms with Gasteiger partial charge in [-0.05, 0) is 0 Å². The topological polar surface area (TPSA) is 103 Å². The summed E-state index contributed by atoms with van der Waals surface area (Å²) in [6.07, 6.45) is -4.20. The number of esters is 1. The first-order valence-corrected chi connectivity index (χ1v) is 8.05. The number of rotatable bonds is 3. The van der Waals surface area contributed by atoms with Gasteiger partial charge in [-0.1, -0.05) is 30.3 Å². The third-order valence-corrected chi connectivity index (χ3v) is 4.10. The molecule has 0 saturated carbocycles. The summed E-state index contributed by atoms with van der Waals surface area (Å²) < 4.78 is 22.5. The maximum absolute atomic E-state index is 11.5. The van der Waals surface area contributed by atoms with Crippen LogP contribution in [0.4, 0.5) is 0 Å². The fraction of sp³-hybridized carbons (Fsp3) is 0.529. The summed E-state index contributed by atoms with van der Waals surface area (Å²) in [5, 5.41) is 12.7. The van der Waals surface area contributed by atoms with Gasteiger partial charge in [0.05, 0.1) is 6.61 Å². The molecule has 1 aromatic carbocycles. The molecular weight excluding hydrogens is 330 g/mol. The number of carbonyl (C=O) groups is 2. The molecule has 2 N–H and O–H groups in total. The lowest BCUT2D eigenvalue weighted by Crippen LogP contribution is -2.67. The fourth-order valence-electron chi connectivity index (χ4n) is 3.09. The summed E-state index contributed by atoms with van der Waals surface area (Å²) in [6, 6.07) is 8.38. The van der Waals surface area contributed by atoms with Gasteiger partial charge in [-0.3, -0.25) is 9.59 Å². The van der Waals surface area contributed by atoms with Gasteiger partial charge < -0.3 is 29.4 Å². The molecule has 0 unspecified atom stereocenters. The molecule has 0 spiro atoms. The van der Waals surface area contributed by atoms with E-state index in [-0.39, 0.29) is 12.5 Å². The van der Waals surface area contributed by atoms with E-state index >= 15 is 0 Å².